The van der Waals surface area contributed by atoms with Crippen molar-refractivity contribution in [1.29, 1.82) is 0 Å². The van der Waals surface area contributed by atoms with E-state index in [1.807, 2.05) is 0 Å². The van der Waals surface area contributed by atoms with E-state index in [4.69, 9.17) is 0 Å². The quantitative estimate of drug-likeness (QED) is 0.239. The third kappa shape index (κ3) is 5.19. The predicted octanol–water partition coefficient (Wildman–Crippen LogP) is 8.36. The maximum atomic E-state index is 2.36. The van der Waals surface area contributed by atoms with E-state index in [0.29, 0.717) is 0 Å². The van der Waals surface area contributed by atoms with Crippen LogP contribution in [-0.4, -0.2) is 0 Å². The summed E-state index contributed by atoms with van der Waals surface area (Å²) >= 11 is 0. The van der Waals surface area contributed by atoms with Crippen molar-refractivity contribution in [2.45, 2.75) is 13.1 Å². The molecule has 0 heterocycles. The second-order valence-corrected chi connectivity index (χ2v) is 8.33. The Bertz CT molecular complexity index is 1170. The molecule has 0 unspecified atom stereocenters. The van der Waals surface area contributed by atoms with Crippen molar-refractivity contribution in [3.05, 3.63) is 157 Å². The third-order valence-electron chi connectivity index (χ3n) is 5.98. The molecule has 0 radical (unpaired) electrons. The third-order valence-corrected chi connectivity index (χ3v) is 5.98. The molecule has 0 bridgehead atoms. The number of hydrogen-bond donors (Lipinski definition) is 0. The van der Waals surface area contributed by atoms with Crippen molar-refractivity contribution in [2.75, 3.05) is 9.80 Å². The zero-order valence-electron chi connectivity index (χ0n) is 19.2. The molecule has 0 amide bonds. The first-order valence-electron chi connectivity index (χ1n) is 11.7. The molecule has 5 aromatic carbocycles. The number of nitrogens with zero attached hydrogens (tertiary/aromatic N) is 2. The Labute approximate surface area is 202 Å². The summed E-state index contributed by atoms with van der Waals surface area (Å²) in [5, 5.41) is 0. The van der Waals surface area contributed by atoms with Gasteiger partial charge in [0.2, 0.25) is 0 Å². The van der Waals surface area contributed by atoms with Crippen LogP contribution in [0.5, 0.6) is 0 Å². The first kappa shape index (κ1) is 21.5. The standard InChI is InChI=1S/C32H28N2/c1-5-13-27(14-6-1)25-33(29-17-9-3-10-18-29)31-21-23-32(24-22-31)34(30-19-11-4-12-20-30)26-28-15-7-2-8-16-28/h1-24H,25-26H2. The minimum atomic E-state index is 0.816. The number of benzene rings is 5. The van der Waals surface area contributed by atoms with Crippen LogP contribution in [0.3, 0.4) is 0 Å². The van der Waals surface area contributed by atoms with Gasteiger partial charge in [0.05, 0.1) is 0 Å². The normalized spacial score (nSPS) is 10.6. The van der Waals surface area contributed by atoms with Gasteiger partial charge < -0.3 is 9.80 Å². The van der Waals surface area contributed by atoms with Crippen molar-refractivity contribution >= 4 is 22.7 Å². The Morgan fingerprint density at radius 3 is 0.882 bits per heavy atom. The fourth-order valence-corrected chi connectivity index (χ4v) is 4.22. The van der Waals surface area contributed by atoms with Crippen molar-refractivity contribution in [2.24, 2.45) is 0 Å². The average Bonchev–Trinajstić information content (AvgIpc) is 2.93. The van der Waals surface area contributed by atoms with Crippen molar-refractivity contribution in [1.82, 2.24) is 0 Å². The van der Waals surface area contributed by atoms with Gasteiger partial charge in [0.25, 0.3) is 0 Å². The fourth-order valence-electron chi connectivity index (χ4n) is 4.22. The number of rotatable bonds is 8. The van der Waals surface area contributed by atoms with E-state index < -0.39 is 0 Å². The van der Waals surface area contributed by atoms with Crippen molar-refractivity contribution < 1.29 is 0 Å². The van der Waals surface area contributed by atoms with Gasteiger partial charge in [-0.15, -0.1) is 0 Å². The summed E-state index contributed by atoms with van der Waals surface area (Å²) in [7, 11) is 0. The fraction of sp³-hybridized carbons (Fsp3) is 0.0625. The predicted molar refractivity (Wildman–Crippen MR) is 144 cm³/mol. The lowest BCUT2D eigenvalue weighted by atomic mass is 10.1. The molecular weight excluding hydrogens is 412 g/mol. The van der Waals surface area contributed by atoms with Gasteiger partial charge in [-0.2, -0.15) is 0 Å². The molecule has 0 aliphatic rings. The molecule has 5 aromatic rings. The molecule has 0 spiro atoms. The van der Waals surface area contributed by atoms with Crippen LogP contribution in [0.4, 0.5) is 22.7 Å². The highest BCUT2D eigenvalue weighted by atomic mass is 15.1. The van der Waals surface area contributed by atoms with Crippen LogP contribution < -0.4 is 9.80 Å². The Morgan fingerprint density at radius 1 is 0.294 bits per heavy atom. The summed E-state index contributed by atoms with van der Waals surface area (Å²) in [6, 6.07) is 51.4. The molecule has 0 N–H and O–H groups in total. The maximum absolute atomic E-state index is 2.36. The molecule has 34 heavy (non-hydrogen) atoms. The van der Waals surface area contributed by atoms with Gasteiger partial charge in [-0.05, 0) is 59.7 Å². The molecule has 2 heteroatoms. The van der Waals surface area contributed by atoms with Gasteiger partial charge in [0.15, 0.2) is 0 Å². The van der Waals surface area contributed by atoms with E-state index >= 15 is 0 Å². The zero-order valence-corrected chi connectivity index (χ0v) is 19.2. The van der Waals surface area contributed by atoms with Crippen LogP contribution in [0.25, 0.3) is 0 Å². The maximum Gasteiger partial charge on any atom is 0.0481 e. The minimum Gasteiger partial charge on any atom is -0.337 e. The molecule has 0 aliphatic carbocycles. The largest absolute Gasteiger partial charge is 0.337 e. The highest BCUT2D eigenvalue weighted by Crippen LogP contribution is 2.32. The van der Waals surface area contributed by atoms with Crippen LogP contribution in [0.15, 0.2) is 146 Å². The lowest BCUT2D eigenvalue weighted by Crippen LogP contribution is -2.18. The van der Waals surface area contributed by atoms with Gasteiger partial charge in [0, 0.05) is 35.8 Å². The summed E-state index contributed by atoms with van der Waals surface area (Å²) in [4.78, 5) is 4.73. The summed E-state index contributed by atoms with van der Waals surface area (Å²) < 4.78 is 0. The molecule has 0 saturated heterocycles. The zero-order chi connectivity index (χ0) is 23.0. The summed E-state index contributed by atoms with van der Waals surface area (Å²) in [5.41, 5.74) is 7.28. The van der Waals surface area contributed by atoms with Gasteiger partial charge in [-0.3, -0.25) is 0 Å². The molecule has 0 aliphatic heterocycles. The van der Waals surface area contributed by atoms with E-state index in [1.165, 1.54) is 33.9 Å². The van der Waals surface area contributed by atoms with E-state index in [-0.39, 0.29) is 0 Å². The Balaban J connectivity index is 1.47. The highest BCUT2D eigenvalue weighted by Gasteiger charge is 2.13. The second kappa shape index (κ2) is 10.5. The summed E-state index contributed by atoms with van der Waals surface area (Å²) in [6.07, 6.45) is 0. The SMILES string of the molecule is c1ccc(CN(c2ccccc2)c2ccc(N(Cc3ccccc3)c3ccccc3)cc2)cc1. The van der Waals surface area contributed by atoms with Crippen LogP contribution in [0.1, 0.15) is 11.1 Å². The van der Waals surface area contributed by atoms with Crippen molar-refractivity contribution in [3.63, 3.8) is 0 Å². The molecule has 0 atom stereocenters. The number of para-hydroxylation sites is 2. The van der Waals surface area contributed by atoms with E-state index in [2.05, 4.69) is 155 Å². The summed E-state index contributed by atoms with van der Waals surface area (Å²) in [6.45, 7) is 1.63. The Morgan fingerprint density at radius 2 is 0.559 bits per heavy atom. The Hall–Kier alpha value is -4.30. The molecule has 2 nitrogen and oxygen atoms in total. The van der Waals surface area contributed by atoms with E-state index in [9.17, 15) is 0 Å². The van der Waals surface area contributed by atoms with Crippen molar-refractivity contribution in [3.8, 4) is 0 Å². The molecule has 5 rings (SSSR count). The number of anilines is 4. The lowest BCUT2D eigenvalue weighted by Gasteiger charge is -2.28. The van der Waals surface area contributed by atoms with Crippen LogP contribution in [0, 0.1) is 0 Å². The first-order chi connectivity index (χ1) is 16.9. The summed E-state index contributed by atoms with van der Waals surface area (Å²) in [5.74, 6) is 0. The molecule has 0 saturated carbocycles. The van der Waals surface area contributed by atoms with Crippen LogP contribution >= 0.6 is 0 Å². The lowest BCUT2D eigenvalue weighted by molar-refractivity contribution is 0.964. The minimum absolute atomic E-state index is 0.816. The van der Waals surface area contributed by atoms with Crippen LogP contribution in [-0.2, 0) is 13.1 Å². The van der Waals surface area contributed by atoms with Gasteiger partial charge in [-0.25, -0.2) is 0 Å². The average molecular weight is 441 g/mol. The molecule has 0 aromatic heterocycles. The van der Waals surface area contributed by atoms with E-state index in [1.54, 1.807) is 0 Å². The second-order valence-electron chi connectivity index (χ2n) is 8.33. The molecule has 166 valence electrons. The molecular formula is C32H28N2. The molecule has 0 fully saturated rings. The topological polar surface area (TPSA) is 6.48 Å². The first-order valence-corrected chi connectivity index (χ1v) is 11.7. The van der Waals surface area contributed by atoms with Crippen LogP contribution in [0.2, 0.25) is 0 Å². The van der Waals surface area contributed by atoms with Gasteiger partial charge in [0.1, 0.15) is 0 Å². The Kier molecular flexibility index (Phi) is 6.68. The monoisotopic (exact) mass is 440 g/mol. The highest BCUT2D eigenvalue weighted by molar-refractivity contribution is 5.69. The van der Waals surface area contributed by atoms with E-state index in [0.717, 1.165) is 13.1 Å². The van der Waals surface area contributed by atoms with Gasteiger partial charge in [-0.1, -0.05) is 97.1 Å². The number of hydrogen-bond acceptors (Lipinski definition) is 2. The van der Waals surface area contributed by atoms with Gasteiger partial charge >= 0.3 is 0 Å². The smallest absolute Gasteiger partial charge is 0.0481 e.